The van der Waals surface area contributed by atoms with Gasteiger partial charge in [-0.15, -0.1) is 0 Å². The van der Waals surface area contributed by atoms with Crippen LogP contribution in [0.5, 0.6) is 5.75 Å². The number of hydrogen-bond donors (Lipinski definition) is 0. The summed E-state index contributed by atoms with van der Waals surface area (Å²) in [5.41, 5.74) is 0.601. The van der Waals surface area contributed by atoms with Gasteiger partial charge in [-0.1, -0.05) is 23.2 Å². The topological polar surface area (TPSA) is 55.8 Å². The highest BCUT2D eigenvalue weighted by Crippen LogP contribution is 2.34. The average molecular weight is 400 g/mol. The molecule has 0 aliphatic carbocycles. The SMILES string of the molecule is CCN(C(=O)COC(=O)c1cc(Cl)c(OC)c(Cl)c1)c1ccc(F)cc1. The molecular weight excluding hydrogens is 384 g/mol. The average Bonchev–Trinajstić information content (AvgIpc) is 2.61. The normalized spacial score (nSPS) is 10.3. The lowest BCUT2D eigenvalue weighted by atomic mass is 10.2. The van der Waals surface area contributed by atoms with Crippen molar-refractivity contribution in [3.05, 3.63) is 57.8 Å². The van der Waals surface area contributed by atoms with Crippen LogP contribution in [-0.2, 0) is 9.53 Å². The standard InChI is InChI=1S/C18H16Cl2FNO4/c1-3-22(13-6-4-12(21)5-7-13)16(23)10-26-18(24)11-8-14(19)17(25-2)15(20)9-11/h4-9H,3,10H2,1-2H3. The molecule has 138 valence electrons. The van der Waals surface area contributed by atoms with Crippen LogP contribution in [0.25, 0.3) is 0 Å². The zero-order valence-electron chi connectivity index (χ0n) is 14.1. The van der Waals surface area contributed by atoms with Gasteiger partial charge in [-0.3, -0.25) is 4.79 Å². The zero-order chi connectivity index (χ0) is 19.3. The molecule has 0 aliphatic rings. The Labute approximate surface area is 160 Å². The van der Waals surface area contributed by atoms with Crippen LogP contribution in [0, 0.1) is 5.82 Å². The molecule has 26 heavy (non-hydrogen) atoms. The van der Waals surface area contributed by atoms with E-state index in [1.165, 1.54) is 48.4 Å². The molecule has 2 rings (SSSR count). The van der Waals surface area contributed by atoms with Crippen molar-refractivity contribution in [2.75, 3.05) is 25.2 Å². The number of carbonyl (C=O) groups is 2. The summed E-state index contributed by atoms with van der Waals surface area (Å²) < 4.78 is 23.1. The van der Waals surface area contributed by atoms with Gasteiger partial charge in [-0.2, -0.15) is 0 Å². The number of anilines is 1. The van der Waals surface area contributed by atoms with Crippen LogP contribution < -0.4 is 9.64 Å². The Balaban J connectivity index is 2.06. The van der Waals surface area contributed by atoms with Gasteiger partial charge in [0.25, 0.3) is 5.91 Å². The van der Waals surface area contributed by atoms with Crippen LogP contribution in [-0.4, -0.2) is 32.1 Å². The van der Waals surface area contributed by atoms with Crippen LogP contribution in [0.3, 0.4) is 0 Å². The van der Waals surface area contributed by atoms with Crippen molar-refractivity contribution in [3.63, 3.8) is 0 Å². The van der Waals surface area contributed by atoms with E-state index in [4.69, 9.17) is 32.7 Å². The Morgan fingerprint density at radius 2 is 1.69 bits per heavy atom. The molecule has 0 N–H and O–H groups in total. The molecule has 0 radical (unpaired) electrons. The lowest BCUT2D eigenvalue weighted by Gasteiger charge is -2.21. The molecule has 0 saturated carbocycles. The number of carbonyl (C=O) groups excluding carboxylic acids is 2. The number of benzene rings is 2. The van der Waals surface area contributed by atoms with Crippen molar-refractivity contribution < 1.29 is 23.5 Å². The maximum absolute atomic E-state index is 13.0. The third-order valence-corrected chi connectivity index (χ3v) is 4.08. The monoisotopic (exact) mass is 399 g/mol. The lowest BCUT2D eigenvalue weighted by molar-refractivity contribution is -0.121. The molecule has 0 unspecified atom stereocenters. The van der Waals surface area contributed by atoms with E-state index in [-0.39, 0.29) is 21.4 Å². The fourth-order valence-corrected chi connectivity index (χ4v) is 2.93. The van der Waals surface area contributed by atoms with Crippen molar-refractivity contribution in [1.82, 2.24) is 0 Å². The molecule has 0 fully saturated rings. The van der Waals surface area contributed by atoms with Gasteiger partial charge in [-0.05, 0) is 43.3 Å². The second kappa shape index (κ2) is 8.87. The van der Waals surface area contributed by atoms with Gasteiger partial charge in [0.1, 0.15) is 5.82 Å². The minimum absolute atomic E-state index is 0.0958. The van der Waals surface area contributed by atoms with Crippen LogP contribution in [0.1, 0.15) is 17.3 Å². The molecule has 1 amide bonds. The second-order valence-corrected chi connectivity index (χ2v) is 5.98. The summed E-state index contributed by atoms with van der Waals surface area (Å²) in [6.45, 7) is 1.61. The molecular formula is C18H16Cl2FNO4. The van der Waals surface area contributed by atoms with E-state index in [1.807, 2.05) is 0 Å². The maximum Gasteiger partial charge on any atom is 0.338 e. The molecule has 0 saturated heterocycles. The number of hydrogen-bond acceptors (Lipinski definition) is 4. The molecule has 0 aromatic heterocycles. The first-order valence-electron chi connectivity index (χ1n) is 7.63. The van der Waals surface area contributed by atoms with E-state index in [0.717, 1.165) is 0 Å². The first kappa shape index (κ1) is 20.0. The van der Waals surface area contributed by atoms with E-state index in [1.54, 1.807) is 6.92 Å². The molecule has 0 aliphatic heterocycles. The number of amides is 1. The van der Waals surface area contributed by atoms with Gasteiger partial charge in [0.2, 0.25) is 0 Å². The van der Waals surface area contributed by atoms with Gasteiger partial charge in [-0.25, -0.2) is 9.18 Å². The van der Waals surface area contributed by atoms with Gasteiger partial charge >= 0.3 is 5.97 Å². The van der Waals surface area contributed by atoms with Gasteiger partial charge in [0.05, 0.1) is 22.7 Å². The highest BCUT2D eigenvalue weighted by atomic mass is 35.5. The van der Waals surface area contributed by atoms with Crippen LogP contribution >= 0.6 is 23.2 Å². The van der Waals surface area contributed by atoms with E-state index in [9.17, 15) is 14.0 Å². The zero-order valence-corrected chi connectivity index (χ0v) is 15.6. The lowest BCUT2D eigenvalue weighted by Crippen LogP contribution is -2.34. The molecule has 5 nitrogen and oxygen atoms in total. The van der Waals surface area contributed by atoms with Crippen molar-refractivity contribution in [3.8, 4) is 5.75 Å². The number of ether oxygens (including phenoxy) is 2. The number of rotatable bonds is 6. The summed E-state index contributed by atoms with van der Waals surface area (Å²) in [7, 11) is 1.40. The Hall–Kier alpha value is -2.31. The minimum Gasteiger partial charge on any atom is -0.494 e. The molecule has 0 bridgehead atoms. The highest BCUT2D eigenvalue weighted by molar-refractivity contribution is 6.37. The Morgan fingerprint density at radius 1 is 1.12 bits per heavy atom. The van der Waals surface area contributed by atoms with E-state index >= 15 is 0 Å². The first-order chi connectivity index (χ1) is 12.4. The summed E-state index contributed by atoms with van der Waals surface area (Å²) in [5.74, 6) is -1.36. The van der Waals surface area contributed by atoms with Crippen molar-refractivity contribution >= 4 is 40.8 Å². The minimum atomic E-state index is -0.750. The largest absolute Gasteiger partial charge is 0.494 e. The Morgan fingerprint density at radius 3 is 2.19 bits per heavy atom. The number of esters is 1. The number of methoxy groups -OCH3 is 1. The summed E-state index contributed by atoms with van der Waals surface area (Å²) in [4.78, 5) is 25.8. The highest BCUT2D eigenvalue weighted by Gasteiger charge is 2.19. The van der Waals surface area contributed by atoms with Crippen LogP contribution in [0.15, 0.2) is 36.4 Å². The molecule has 0 heterocycles. The summed E-state index contributed by atoms with van der Waals surface area (Å²) in [5, 5.41) is 0.305. The van der Waals surface area contributed by atoms with Crippen molar-refractivity contribution in [2.45, 2.75) is 6.92 Å². The molecule has 2 aromatic rings. The number of likely N-dealkylation sites (N-methyl/N-ethyl adjacent to an activating group) is 1. The first-order valence-corrected chi connectivity index (χ1v) is 8.39. The quantitative estimate of drug-likeness (QED) is 0.677. The molecule has 8 heteroatoms. The number of halogens is 3. The summed E-state index contributed by atoms with van der Waals surface area (Å²) in [6, 6.07) is 8.13. The van der Waals surface area contributed by atoms with Gasteiger partial charge in [0, 0.05) is 12.2 Å². The molecule has 0 spiro atoms. The molecule has 0 atom stereocenters. The van der Waals surface area contributed by atoms with Gasteiger partial charge in [0.15, 0.2) is 12.4 Å². The fraction of sp³-hybridized carbons (Fsp3) is 0.222. The summed E-state index contributed by atoms with van der Waals surface area (Å²) in [6.07, 6.45) is 0. The van der Waals surface area contributed by atoms with Crippen LogP contribution in [0.4, 0.5) is 10.1 Å². The van der Waals surface area contributed by atoms with E-state index in [2.05, 4.69) is 0 Å². The van der Waals surface area contributed by atoms with Crippen molar-refractivity contribution in [1.29, 1.82) is 0 Å². The maximum atomic E-state index is 13.0. The summed E-state index contributed by atoms with van der Waals surface area (Å²) >= 11 is 12.0. The third-order valence-electron chi connectivity index (χ3n) is 3.52. The Kier molecular flexibility index (Phi) is 6.83. The number of nitrogens with zero attached hydrogens (tertiary/aromatic N) is 1. The fourth-order valence-electron chi connectivity index (χ4n) is 2.29. The third kappa shape index (κ3) is 4.65. The van der Waals surface area contributed by atoms with Gasteiger partial charge < -0.3 is 14.4 Å². The van der Waals surface area contributed by atoms with E-state index in [0.29, 0.717) is 12.2 Å². The molecule has 2 aromatic carbocycles. The van der Waals surface area contributed by atoms with Crippen molar-refractivity contribution in [2.24, 2.45) is 0 Å². The Bertz CT molecular complexity index is 788. The second-order valence-electron chi connectivity index (χ2n) is 5.16. The predicted molar refractivity (Wildman–Crippen MR) is 97.7 cm³/mol. The van der Waals surface area contributed by atoms with Crippen LogP contribution in [0.2, 0.25) is 10.0 Å². The predicted octanol–water partition coefficient (Wildman–Crippen LogP) is 4.35. The smallest absolute Gasteiger partial charge is 0.338 e. The van der Waals surface area contributed by atoms with E-state index < -0.39 is 24.3 Å².